The van der Waals surface area contributed by atoms with Crippen molar-refractivity contribution < 1.29 is 0 Å². The summed E-state index contributed by atoms with van der Waals surface area (Å²) in [4.78, 5) is 0. The Bertz CT molecular complexity index is 97.0. The topological polar surface area (TPSA) is 23.9 Å². The van der Waals surface area contributed by atoms with E-state index in [4.69, 9.17) is 5.41 Å². The van der Waals surface area contributed by atoms with Crippen molar-refractivity contribution in [3.8, 4) is 0 Å². The molecule has 0 radical (unpaired) electrons. The molecule has 0 unspecified atom stereocenters. The van der Waals surface area contributed by atoms with Gasteiger partial charge in [-0.2, -0.15) is 0 Å². The van der Waals surface area contributed by atoms with Crippen molar-refractivity contribution in [3.05, 3.63) is 0 Å². The third-order valence-corrected chi connectivity index (χ3v) is 2.01. The molecule has 1 heteroatoms. The van der Waals surface area contributed by atoms with Gasteiger partial charge in [0.2, 0.25) is 0 Å². The minimum absolute atomic E-state index is 0.918. The highest BCUT2D eigenvalue weighted by molar-refractivity contribution is 5.80. The van der Waals surface area contributed by atoms with Gasteiger partial charge in [-0.1, -0.05) is 39.5 Å². The van der Waals surface area contributed by atoms with Gasteiger partial charge < -0.3 is 5.41 Å². The summed E-state index contributed by atoms with van der Waals surface area (Å²) < 4.78 is 0. The Kier molecular flexibility index (Phi) is 7.54. The van der Waals surface area contributed by atoms with Gasteiger partial charge in [0, 0.05) is 5.71 Å². The predicted octanol–water partition coefficient (Wildman–Crippen LogP) is 3.78. The highest BCUT2D eigenvalue weighted by Crippen LogP contribution is 2.05. The SMILES string of the molecule is CCCCCCCC(=N)CC. The van der Waals surface area contributed by atoms with Crippen molar-refractivity contribution in [2.75, 3.05) is 0 Å². The number of hydrogen-bond donors (Lipinski definition) is 1. The van der Waals surface area contributed by atoms with Gasteiger partial charge in [-0.25, -0.2) is 0 Å². The molecule has 0 fully saturated rings. The molecule has 0 rings (SSSR count). The molecular formula is C10H21N. The molecule has 0 atom stereocenters. The van der Waals surface area contributed by atoms with Crippen LogP contribution in [0.25, 0.3) is 0 Å². The molecule has 0 saturated carbocycles. The van der Waals surface area contributed by atoms with Gasteiger partial charge in [0.05, 0.1) is 0 Å². The Hall–Kier alpha value is -0.330. The quantitative estimate of drug-likeness (QED) is 0.427. The molecule has 0 bridgehead atoms. The zero-order valence-electron chi connectivity index (χ0n) is 7.95. The third kappa shape index (κ3) is 7.57. The highest BCUT2D eigenvalue weighted by atomic mass is 14.4. The molecule has 0 aromatic heterocycles. The smallest absolute Gasteiger partial charge is 0.00864 e. The Labute approximate surface area is 70.7 Å². The molecular weight excluding hydrogens is 134 g/mol. The minimum atomic E-state index is 0.918. The van der Waals surface area contributed by atoms with E-state index in [2.05, 4.69) is 13.8 Å². The van der Waals surface area contributed by atoms with E-state index in [1.165, 1.54) is 32.1 Å². The molecule has 0 spiro atoms. The molecule has 0 heterocycles. The van der Waals surface area contributed by atoms with Crippen LogP contribution in [0.2, 0.25) is 0 Å². The first kappa shape index (κ1) is 10.7. The monoisotopic (exact) mass is 155 g/mol. The van der Waals surface area contributed by atoms with E-state index in [0.29, 0.717) is 0 Å². The summed E-state index contributed by atoms with van der Waals surface area (Å²) in [5, 5.41) is 7.42. The van der Waals surface area contributed by atoms with Gasteiger partial charge in [0.25, 0.3) is 0 Å². The molecule has 1 N–H and O–H groups in total. The predicted molar refractivity (Wildman–Crippen MR) is 51.4 cm³/mol. The molecule has 0 aliphatic heterocycles. The van der Waals surface area contributed by atoms with Gasteiger partial charge >= 0.3 is 0 Å². The standard InChI is InChI=1S/C10H21N/c1-3-5-6-7-8-9-10(11)4-2/h11H,3-9H2,1-2H3. The lowest BCUT2D eigenvalue weighted by Crippen LogP contribution is -1.92. The van der Waals surface area contributed by atoms with Crippen molar-refractivity contribution in [1.29, 1.82) is 5.41 Å². The van der Waals surface area contributed by atoms with Crippen LogP contribution < -0.4 is 0 Å². The van der Waals surface area contributed by atoms with Crippen molar-refractivity contribution in [2.45, 2.75) is 58.8 Å². The Morgan fingerprint density at radius 2 is 1.64 bits per heavy atom. The summed E-state index contributed by atoms with van der Waals surface area (Å²) in [7, 11) is 0. The Balaban J connectivity index is 2.95. The van der Waals surface area contributed by atoms with E-state index in [0.717, 1.165) is 18.6 Å². The van der Waals surface area contributed by atoms with E-state index in [1.54, 1.807) is 0 Å². The maximum absolute atomic E-state index is 7.42. The van der Waals surface area contributed by atoms with E-state index >= 15 is 0 Å². The lowest BCUT2D eigenvalue weighted by molar-refractivity contribution is 0.641. The highest BCUT2D eigenvalue weighted by Gasteiger charge is 1.92. The number of rotatable bonds is 7. The van der Waals surface area contributed by atoms with E-state index in [1.807, 2.05) is 0 Å². The van der Waals surface area contributed by atoms with Crippen LogP contribution >= 0.6 is 0 Å². The van der Waals surface area contributed by atoms with Crippen molar-refractivity contribution in [3.63, 3.8) is 0 Å². The third-order valence-electron chi connectivity index (χ3n) is 2.01. The van der Waals surface area contributed by atoms with Crippen LogP contribution in [0.15, 0.2) is 0 Å². The molecule has 0 aliphatic rings. The van der Waals surface area contributed by atoms with E-state index < -0.39 is 0 Å². The van der Waals surface area contributed by atoms with Gasteiger partial charge in [-0.15, -0.1) is 0 Å². The Morgan fingerprint density at radius 3 is 2.18 bits per heavy atom. The first-order chi connectivity index (χ1) is 5.31. The van der Waals surface area contributed by atoms with Gasteiger partial charge in [-0.3, -0.25) is 0 Å². The fourth-order valence-corrected chi connectivity index (χ4v) is 1.12. The summed E-state index contributed by atoms with van der Waals surface area (Å²) in [6, 6.07) is 0. The Morgan fingerprint density at radius 1 is 1.00 bits per heavy atom. The molecule has 1 nitrogen and oxygen atoms in total. The lowest BCUT2D eigenvalue weighted by Gasteiger charge is -1.99. The van der Waals surface area contributed by atoms with Crippen LogP contribution in [0.4, 0.5) is 0 Å². The van der Waals surface area contributed by atoms with Gasteiger partial charge in [0.1, 0.15) is 0 Å². The number of hydrogen-bond acceptors (Lipinski definition) is 1. The van der Waals surface area contributed by atoms with Gasteiger partial charge in [-0.05, 0) is 19.3 Å². The zero-order valence-corrected chi connectivity index (χ0v) is 7.95. The summed E-state index contributed by atoms with van der Waals surface area (Å²) in [6.07, 6.45) is 8.54. The van der Waals surface area contributed by atoms with Gasteiger partial charge in [0.15, 0.2) is 0 Å². The van der Waals surface area contributed by atoms with Crippen LogP contribution in [0.5, 0.6) is 0 Å². The van der Waals surface area contributed by atoms with Crippen LogP contribution in [0.3, 0.4) is 0 Å². The maximum Gasteiger partial charge on any atom is 0.00864 e. The molecule has 0 aliphatic carbocycles. The normalized spacial score (nSPS) is 10.0. The first-order valence-corrected chi connectivity index (χ1v) is 4.87. The second kappa shape index (κ2) is 7.77. The summed E-state index contributed by atoms with van der Waals surface area (Å²) in [6.45, 7) is 4.29. The maximum atomic E-state index is 7.42. The molecule has 66 valence electrons. The van der Waals surface area contributed by atoms with Crippen molar-refractivity contribution in [2.24, 2.45) is 0 Å². The van der Waals surface area contributed by atoms with Crippen molar-refractivity contribution >= 4 is 5.71 Å². The van der Waals surface area contributed by atoms with Crippen LogP contribution in [0, 0.1) is 5.41 Å². The van der Waals surface area contributed by atoms with E-state index in [9.17, 15) is 0 Å². The fraction of sp³-hybridized carbons (Fsp3) is 0.900. The number of unbranched alkanes of at least 4 members (excludes halogenated alkanes) is 4. The largest absolute Gasteiger partial charge is 0.310 e. The minimum Gasteiger partial charge on any atom is -0.310 e. The molecule has 0 aromatic carbocycles. The zero-order chi connectivity index (χ0) is 8.53. The molecule has 0 saturated heterocycles. The second-order valence-corrected chi connectivity index (χ2v) is 3.12. The van der Waals surface area contributed by atoms with Crippen LogP contribution in [-0.4, -0.2) is 5.71 Å². The lowest BCUT2D eigenvalue weighted by atomic mass is 10.1. The average Bonchev–Trinajstić information content (AvgIpc) is 2.04. The van der Waals surface area contributed by atoms with E-state index in [-0.39, 0.29) is 0 Å². The second-order valence-electron chi connectivity index (χ2n) is 3.12. The average molecular weight is 155 g/mol. The van der Waals surface area contributed by atoms with Crippen LogP contribution in [0.1, 0.15) is 58.8 Å². The first-order valence-electron chi connectivity index (χ1n) is 4.87. The fourth-order valence-electron chi connectivity index (χ4n) is 1.12. The molecule has 0 amide bonds. The summed E-state index contributed by atoms with van der Waals surface area (Å²) >= 11 is 0. The molecule has 0 aromatic rings. The van der Waals surface area contributed by atoms with Crippen LogP contribution in [-0.2, 0) is 0 Å². The number of nitrogens with one attached hydrogen (secondary N) is 1. The summed E-state index contributed by atoms with van der Waals surface area (Å²) in [5.74, 6) is 0. The molecule has 11 heavy (non-hydrogen) atoms. The van der Waals surface area contributed by atoms with Crippen molar-refractivity contribution in [1.82, 2.24) is 0 Å². The summed E-state index contributed by atoms with van der Waals surface area (Å²) in [5.41, 5.74) is 0.918.